The topological polar surface area (TPSA) is 111 Å². The second kappa shape index (κ2) is 8.71. The number of rotatable bonds is 4. The largest absolute Gasteiger partial charge is 0.465 e. The number of quaternary nitrogens is 1. The number of halogens is 1. The SMILES string of the molecule is CNc1nc(-c2ccc(C#N)c(F)c2)cc([N+]2(C(C)(C)C)C[C@H](C)C[C@@H](NC(=O)O)C2)n1. The molecule has 170 valence electrons. The van der Waals surface area contributed by atoms with Gasteiger partial charge in [-0.3, -0.25) is 4.48 Å². The molecule has 0 aliphatic carbocycles. The molecule has 0 saturated carbocycles. The lowest BCUT2D eigenvalue weighted by Gasteiger charge is -2.52. The number of likely N-dealkylation sites (tertiary alicyclic amines) is 1. The lowest BCUT2D eigenvalue weighted by atomic mass is 9.87. The summed E-state index contributed by atoms with van der Waals surface area (Å²) in [5.41, 5.74) is 0.756. The third-order valence-corrected chi connectivity index (χ3v) is 6.21. The molecule has 3 rings (SSSR count). The van der Waals surface area contributed by atoms with Crippen LogP contribution in [0.5, 0.6) is 0 Å². The summed E-state index contributed by atoms with van der Waals surface area (Å²) in [5.74, 6) is 0.780. The molecule has 1 unspecified atom stereocenters. The van der Waals surface area contributed by atoms with Gasteiger partial charge in [0.15, 0.2) is 0 Å². The number of carbonyl (C=O) groups is 1. The van der Waals surface area contributed by atoms with Crippen LogP contribution in [0.4, 0.5) is 21.0 Å². The van der Waals surface area contributed by atoms with Crippen LogP contribution in [0, 0.1) is 23.1 Å². The van der Waals surface area contributed by atoms with E-state index in [2.05, 4.69) is 43.3 Å². The molecule has 2 aromatic rings. The summed E-state index contributed by atoms with van der Waals surface area (Å²) >= 11 is 0. The molecule has 3 atom stereocenters. The second-order valence-electron chi connectivity index (χ2n) is 9.48. The lowest BCUT2D eigenvalue weighted by molar-refractivity contribution is 0.0652. The van der Waals surface area contributed by atoms with E-state index in [0.29, 0.717) is 28.2 Å². The summed E-state index contributed by atoms with van der Waals surface area (Å²) in [7, 11) is 1.72. The Kier molecular flexibility index (Phi) is 6.37. The third kappa shape index (κ3) is 4.50. The fourth-order valence-corrected chi connectivity index (χ4v) is 4.65. The van der Waals surface area contributed by atoms with Crippen molar-refractivity contribution in [3.63, 3.8) is 0 Å². The van der Waals surface area contributed by atoms with Crippen LogP contribution in [0.3, 0.4) is 0 Å². The zero-order chi connectivity index (χ0) is 23.7. The Balaban J connectivity index is 2.18. The Morgan fingerprint density at radius 2 is 2.00 bits per heavy atom. The van der Waals surface area contributed by atoms with Crippen molar-refractivity contribution in [2.45, 2.75) is 45.7 Å². The Hall–Kier alpha value is -3.25. The number of carboxylic acid groups (broad SMARTS) is 1. The molecule has 1 fully saturated rings. The molecule has 1 aromatic carbocycles. The number of aromatic nitrogens is 2. The van der Waals surface area contributed by atoms with Gasteiger partial charge in [-0.1, -0.05) is 13.0 Å². The van der Waals surface area contributed by atoms with Gasteiger partial charge in [0.25, 0.3) is 0 Å². The van der Waals surface area contributed by atoms with Crippen molar-refractivity contribution < 1.29 is 14.3 Å². The fraction of sp³-hybridized carbons (Fsp3) is 0.478. The van der Waals surface area contributed by atoms with E-state index in [1.54, 1.807) is 13.1 Å². The van der Waals surface area contributed by atoms with Crippen molar-refractivity contribution in [3.05, 3.63) is 35.6 Å². The minimum Gasteiger partial charge on any atom is -0.465 e. The first-order chi connectivity index (χ1) is 15.0. The molecule has 0 radical (unpaired) electrons. The summed E-state index contributed by atoms with van der Waals surface area (Å²) in [4.78, 5) is 20.7. The number of anilines is 1. The zero-order valence-corrected chi connectivity index (χ0v) is 19.1. The number of nitrogens with one attached hydrogen (secondary N) is 2. The number of hydrogen-bond acceptors (Lipinski definition) is 5. The van der Waals surface area contributed by atoms with Gasteiger partial charge in [-0.05, 0) is 39.3 Å². The highest BCUT2D eigenvalue weighted by molar-refractivity contribution is 5.66. The van der Waals surface area contributed by atoms with E-state index in [1.165, 1.54) is 12.1 Å². The van der Waals surface area contributed by atoms with Crippen LogP contribution in [0.2, 0.25) is 0 Å². The molecular weight excluding hydrogens is 411 g/mol. The summed E-state index contributed by atoms with van der Waals surface area (Å²) in [6.07, 6.45) is -0.288. The van der Waals surface area contributed by atoms with Crippen LogP contribution in [-0.2, 0) is 0 Å². The number of hydrogen-bond donors (Lipinski definition) is 3. The third-order valence-electron chi connectivity index (χ3n) is 6.21. The standard InChI is InChI=1S/C23H29FN6O2/c1-14-8-17(27-22(31)32)13-30(12-14,23(2,3)4)20-10-19(28-21(26-5)29-20)15-6-7-16(11-25)18(24)9-15/h6-7,9-10,14,17,27H,8,12-13H2,1-5H3,(H-,26,28,29,31,32)/p+1/t14-,17-,30?/m1/s1. The number of amides is 1. The second-order valence-corrected chi connectivity index (χ2v) is 9.48. The Morgan fingerprint density at radius 3 is 2.56 bits per heavy atom. The zero-order valence-electron chi connectivity index (χ0n) is 19.1. The Labute approximate surface area is 187 Å². The van der Waals surface area contributed by atoms with E-state index in [1.807, 2.05) is 12.1 Å². The van der Waals surface area contributed by atoms with Gasteiger partial charge in [0.1, 0.15) is 18.4 Å². The van der Waals surface area contributed by atoms with E-state index >= 15 is 0 Å². The molecule has 1 aliphatic rings. The predicted octanol–water partition coefficient (Wildman–Crippen LogP) is 3.98. The van der Waals surface area contributed by atoms with Crippen molar-refractivity contribution in [1.82, 2.24) is 19.8 Å². The molecule has 1 aromatic heterocycles. The molecule has 1 aliphatic heterocycles. The lowest BCUT2D eigenvalue weighted by Crippen LogP contribution is -2.70. The number of piperidine rings is 1. The predicted molar refractivity (Wildman–Crippen MR) is 122 cm³/mol. The monoisotopic (exact) mass is 441 g/mol. The van der Waals surface area contributed by atoms with Crippen LogP contribution in [0.15, 0.2) is 24.3 Å². The molecule has 0 spiro atoms. The number of nitrogens with zero attached hydrogens (tertiary/aromatic N) is 4. The van der Waals surface area contributed by atoms with Crippen molar-refractivity contribution in [3.8, 4) is 17.3 Å². The van der Waals surface area contributed by atoms with E-state index in [-0.39, 0.29) is 23.1 Å². The van der Waals surface area contributed by atoms with E-state index in [9.17, 15) is 14.3 Å². The molecule has 2 heterocycles. The van der Waals surface area contributed by atoms with Crippen molar-refractivity contribution in [2.75, 3.05) is 25.5 Å². The first-order valence-corrected chi connectivity index (χ1v) is 10.6. The van der Waals surface area contributed by atoms with Gasteiger partial charge in [0, 0.05) is 24.6 Å². The molecule has 1 saturated heterocycles. The van der Waals surface area contributed by atoms with Gasteiger partial charge in [-0.15, -0.1) is 0 Å². The first-order valence-electron chi connectivity index (χ1n) is 10.6. The number of nitriles is 1. The van der Waals surface area contributed by atoms with Gasteiger partial charge in [0.05, 0.1) is 29.4 Å². The summed E-state index contributed by atoms with van der Waals surface area (Å²) in [5, 5.41) is 24.0. The average Bonchev–Trinajstić information content (AvgIpc) is 2.71. The molecule has 9 heteroatoms. The van der Waals surface area contributed by atoms with E-state index in [4.69, 9.17) is 10.2 Å². The maximum absolute atomic E-state index is 14.3. The molecule has 0 bridgehead atoms. The minimum absolute atomic E-state index is 0.0255. The highest BCUT2D eigenvalue weighted by Crippen LogP contribution is 2.39. The smallest absolute Gasteiger partial charge is 0.405 e. The molecular formula is C23H30FN6O2+. The van der Waals surface area contributed by atoms with Crippen LogP contribution in [0.25, 0.3) is 11.3 Å². The average molecular weight is 442 g/mol. The molecule has 8 nitrogen and oxygen atoms in total. The van der Waals surface area contributed by atoms with Crippen LogP contribution in [-0.4, -0.2) is 52.9 Å². The molecule has 3 N–H and O–H groups in total. The van der Waals surface area contributed by atoms with Gasteiger partial charge in [-0.25, -0.2) is 14.2 Å². The normalized spacial score (nSPS) is 23.3. The maximum Gasteiger partial charge on any atom is 0.405 e. The quantitative estimate of drug-likeness (QED) is 0.619. The summed E-state index contributed by atoms with van der Waals surface area (Å²) < 4.78 is 14.8. The highest BCUT2D eigenvalue weighted by atomic mass is 19.1. The summed E-state index contributed by atoms with van der Waals surface area (Å²) in [6.45, 7) is 9.79. The molecule has 32 heavy (non-hydrogen) atoms. The van der Waals surface area contributed by atoms with Crippen molar-refractivity contribution >= 4 is 17.9 Å². The molecule has 1 amide bonds. The van der Waals surface area contributed by atoms with Gasteiger partial charge in [-0.2, -0.15) is 10.2 Å². The van der Waals surface area contributed by atoms with Gasteiger partial charge >= 0.3 is 6.09 Å². The first kappa shape index (κ1) is 23.4. The van der Waals surface area contributed by atoms with Gasteiger partial charge in [0.2, 0.25) is 11.8 Å². The Bertz CT molecular complexity index is 1060. The van der Waals surface area contributed by atoms with Crippen LogP contribution >= 0.6 is 0 Å². The summed E-state index contributed by atoms with van der Waals surface area (Å²) in [6, 6.07) is 7.87. The fourth-order valence-electron chi connectivity index (χ4n) is 4.65. The van der Waals surface area contributed by atoms with Crippen LogP contribution < -0.4 is 15.1 Å². The van der Waals surface area contributed by atoms with Gasteiger partial charge < -0.3 is 15.7 Å². The van der Waals surface area contributed by atoms with Crippen molar-refractivity contribution in [1.29, 1.82) is 5.26 Å². The van der Waals surface area contributed by atoms with Crippen molar-refractivity contribution in [2.24, 2.45) is 5.92 Å². The minimum atomic E-state index is -1.04. The Morgan fingerprint density at radius 1 is 1.28 bits per heavy atom. The number of benzene rings is 1. The van der Waals surface area contributed by atoms with E-state index < -0.39 is 11.9 Å². The highest BCUT2D eigenvalue weighted by Gasteiger charge is 2.50. The maximum atomic E-state index is 14.3. The van der Waals surface area contributed by atoms with E-state index in [0.717, 1.165) is 18.8 Å². The van der Waals surface area contributed by atoms with Crippen LogP contribution in [0.1, 0.15) is 39.7 Å².